The van der Waals surface area contributed by atoms with E-state index in [0.29, 0.717) is 18.9 Å². The Labute approximate surface area is 231 Å². The third kappa shape index (κ3) is 5.13. The number of rotatable bonds is 7. The zero-order valence-corrected chi connectivity index (χ0v) is 23.0. The number of nitrogens with one attached hydrogen (secondary N) is 2. The van der Waals surface area contributed by atoms with E-state index in [9.17, 15) is 4.79 Å². The molecule has 0 spiro atoms. The Morgan fingerprint density at radius 3 is 2.38 bits per heavy atom. The number of carbonyl (C=O) groups is 1. The molecule has 1 aromatic heterocycles. The van der Waals surface area contributed by atoms with Crippen LogP contribution in [0.3, 0.4) is 0 Å². The van der Waals surface area contributed by atoms with Gasteiger partial charge in [-0.25, -0.2) is 0 Å². The number of aromatic nitrogens is 1. The first-order valence-electron chi connectivity index (χ1n) is 14.4. The van der Waals surface area contributed by atoms with Crippen molar-refractivity contribution in [2.45, 2.75) is 56.7 Å². The molecule has 1 saturated carbocycles. The largest absolute Gasteiger partial charge is 0.382 e. The van der Waals surface area contributed by atoms with Crippen LogP contribution in [0.25, 0.3) is 22.0 Å². The molecular formula is C34H39N3O2. The molecule has 0 radical (unpaired) electrons. The third-order valence-electron chi connectivity index (χ3n) is 8.85. The van der Waals surface area contributed by atoms with Gasteiger partial charge in [0.2, 0.25) is 5.91 Å². The maximum Gasteiger partial charge on any atom is 0.238 e. The van der Waals surface area contributed by atoms with Gasteiger partial charge >= 0.3 is 0 Å². The number of nitrogens with zero attached hydrogens (tertiary/aromatic N) is 1. The molecule has 202 valence electrons. The van der Waals surface area contributed by atoms with Gasteiger partial charge in [0.25, 0.3) is 0 Å². The summed E-state index contributed by atoms with van der Waals surface area (Å²) in [4.78, 5) is 13.9. The first-order chi connectivity index (χ1) is 19.1. The van der Waals surface area contributed by atoms with E-state index >= 15 is 0 Å². The molecule has 2 N–H and O–H groups in total. The predicted octanol–water partition coefficient (Wildman–Crippen LogP) is 6.48. The Bertz CT molecular complexity index is 1420. The number of amides is 1. The SMILES string of the molecule is COCC(NC(=O)[C@H]1Cc2c(n(C)c3ccccc23)C(C2CCCCC2)N1)c1ccc(-c2ccccc2)cc1. The van der Waals surface area contributed by atoms with Gasteiger partial charge in [0.05, 0.1) is 24.7 Å². The molecule has 5 nitrogen and oxygen atoms in total. The van der Waals surface area contributed by atoms with Crippen LogP contribution < -0.4 is 10.6 Å². The molecule has 1 fully saturated rings. The second kappa shape index (κ2) is 11.4. The quantitative estimate of drug-likeness (QED) is 0.292. The molecule has 3 aromatic carbocycles. The van der Waals surface area contributed by atoms with Gasteiger partial charge in [-0.3, -0.25) is 10.1 Å². The molecule has 5 heteroatoms. The lowest BCUT2D eigenvalue weighted by Gasteiger charge is -2.38. The van der Waals surface area contributed by atoms with Crippen molar-refractivity contribution in [1.82, 2.24) is 15.2 Å². The number of benzene rings is 3. The van der Waals surface area contributed by atoms with E-state index in [2.05, 4.69) is 95.0 Å². The molecule has 1 aliphatic heterocycles. The standard InChI is InChI=1S/C34H39N3O2/c1-37-31-16-10-9-15-27(31)28-21-29(35-32(33(28)37)26-13-7-4-8-14-26)34(38)36-30(22-39-2)25-19-17-24(18-20-25)23-11-5-3-6-12-23/h3,5-6,9-12,15-20,26,29-30,32,35H,4,7-8,13-14,21-22H2,1-2H3,(H,36,38)/t29-,30?,32?/m1/s1. The van der Waals surface area contributed by atoms with Crippen LogP contribution in [0.2, 0.25) is 0 Å². The summed E-state index contributed by atoms with van der Waals surface area (Å²) in [5, 5.41) is 8.45. The summed E-state index contributed by atoms with van der Waals surface area (Å²) in [5.41, 5.74) is 7.35. The lowest BCUT2D eigenvalue weighted by molar-refractivity contribution is -0.124. The van der Waals surface area contributed by atoms with E-state index in [-0.39, 0.29) is 24.0 Å². The minimum absolute atomic E-state index is 0.0450. The van der Waals surface area contributed by atoms with Gasteiger partial charge in [-0.05, 0) is 53.5 Å². The Kier molecular flexibility index (Phi) is 7.53. The van der Waals surface area contributed by atoms with Crippen molar-refractivity contribution < 1.29 is 9.53 Å². The maximum absolute atomic E-state index is 13.9. The summed E-state index contributed by atoms with van der Waals surface area (Å²) in [6.45, 7) is 0.425. The maximum atomic E-state index is 13.9. The van der Waals surface area contributed by atoms with Crippen LogP contribution in [-0.4, -0.2) is 30.2 Å². The fourth-order valence-corrected chi connectivity index (χ4v) is 6.85. The highest BCUT2D eigenvalue weighted by atomic mass is 16.5. The highest BCUT2D eigenvalue weighted by Crippen LogP contribution is 2.42. The van der Waals surface area contributed by atoms with E-state index in [1.807, 2.05) is 6.07 Å². The van der Waals surface area contributed by atoms with Gasteiger partial charge in [0, 0.05) is 30.8 Å². The molecule has 1 aliphatic carbocycles. The fourth-order valence-electron chi connectivity index (χ4n) is 6.85. The average molecular weight is 522 g/mol. The van der Waals surface area contributed by atoms with Crippen LogP contribution in [0, 0.1) is 5.92 Å². The Morgan fingerprint density at radius 2 is 1.64 bits per heavy atom. The van der Waals surface area contributed by atoms with Crippen LogP contribution in [0.5, 0.6) is 0 Å². The van der Waals surface area contributed by atoms with Crippen molar-refractivity contribution >= 4 is 16.8 Å². The average Bonchev–Trinajstić information content (AvgIpc) is 3.29. The molecule has 0 saturated heterocycles. The van der Waals surface area contributed by atoms with Gasteiger partial charge in [0.1, 0.15) is 0 Å². The van der Waals surface area contributed by atoms with Gasteiger partial charge in [0.15, 0.2) is 0 Å². The smallest absolute Gasteiger partial charge is 0.238 e. The fraction of sp³-hybridized carbons (Fsp3) is 0.382. The summed E-state index contributed by atoms with van der Waals surface area (Å²) in [5.74, 6) is 0.597. The minimum Gasteiger partial charge on any atom is -0.382 e. The monoisotopic (exact) mass is 521 g/mol. The summed E-state index contributed by atoms with van der Waals surface area (Å²) >= 11 is 0. The molecule has 1 amide bonds. The van der Waals surface area contributed by atoms with Crippen molar-refractivity contribution in [3.05, 3.63) is 95.7 Å². The number of ether oxygens (including phenoxy) is 1. The van der Waals surface area contributed by atoms with Crippen LogP contribution in [-0.2, 0) is 23.0 Å². The van der Waals surface area contributed by atoms with Gasteiger partial charge in [-0.1, -0.05) is 92.1 Å². The molecule has 2 heterocycles. The second-order valence-electron chi connectivity index (χ2n) is 11.2. The third-order valence-corrected chi connectivity index (χ3v) is 8.85. The Morgan fingerprint density at radius 1 is 0.949 bits per heavy atom. The first kappa shape index (κ1) is 25.8. The Hall–Kier alpha value is -3.41. The number of hydrogen-bond donors (Lipinski definition) is 2. The molecule has 3 atom stereocenters. The first-order valence-corrected chi connectivity index (χ1v) is 14.4. The summed E-state index contributed by atoms with van der Waals surface area (Å²) in [6, 6.07) is 27.2. The molecule has 0 bridgehead atoms. The van der Waals surface area contributed by atoms with E-state index in [1.54, 1.807) is 7.11 Å². The van der Waals surface area contributed by atoms with Gasteiger partial charge < -0.3 is 14.6 Å². The van der Waals surface area contributed by atoms with Gasteiger partial charge in [-0.2, -0.15) is 0 Å². The van der Waals surface area contributed by atoms with Crippen molar-refractivity contribution in [2.24, 2.45) is 13.0 Å². The molecular weight excluding hydrogens is 482 g/mol. The zero-order valence-electron chi connectivity index (χ0n) is 23.0. The lowest BCUT2D eigenvalue weighted by Crippen LogP contribution is -2.52. The number of carbonyl (C=O) groups excluding carboxylic acids is 1. The highest BCUT2D eigenvalue weighted by molar-refractivity contribution is 5.89. The number of aryl methyl sites for hydroxylation is 1. The highest BCUT2D eigenvalue weighted by Gasteiger charge is 2.38. The van der Waals surface area contributed by atoms with Crippen molar-refractivity contribution in [3.8, 4) is 11.1 Å². The molecule has 4 aromatic rings. The van der Waals surface area contributed by atoms with E-state index in [1.165, 1.54) is 59.8 Å². The molecule has 39 heavy (non-hydrogen) atoms. The summed E-state index contributed by atoms with van der Waals surface area (Å²) in [7, 11) is 3.88. The molecule has 2 unspecified atom stereocenters. The number of para-hydroxylation sites is 1. The van der Waals surface area contributed by atoms with Crippen LogP contribution in [0.1, 0.15) is 61.0 Å². The number of methoxy groups -OCH3 is 1. The van der Waals surface area contributed by atoms with Gasteiger partial charge in [-0.15, -0.1) is 0 Å². The molecule has 2 aliphatic rings. The van der Waals surface area contributed by atoms with E-state index in [4.69, 9.17) is 4.74 Å². The van der Waals surface area contributed by atoms with Crippen molar-refractivity contribution in [1.29, 1.82) is 0 Å². The number of fused-ring (bicyclic) bond motifs is 3. The summed E-state index contributed by atoms with van der Waals surface area (Å²) in [6.07, 6.45) is 6.98. The second-order valence-corrected chi connectivity index (χ2v) is 11.2. The summed E-state index contributed by atoms with van der Waals surface area (Å²) < 4.78 is 7.92. The van der Waals surface area contributed by atoms with E-state index in [0.717, 1.165) is 11.1 Å². The predicted molar refractivity (Wildman–Crippen MR) is 158 cm³/mol. The van der Waals surface area contributed by atoms with Crippen molar-refractivity contribution in [3.63, 3.8) is 0 Å². The van der Waals surface area contributed by atoms with E-state index < -0.39 is 0 Å². The topological polar surface area (TPSA) is 55.3 Å². The number of hydrogen-bond acceptors (Lipinski definition) is 3. The van der Waals surface area contributed by atoms with Crippen LogP contribution >= 0.6 is 0 Å². The minimum atomic E-state index is -0.279. The Balaban J connectivity index is 1.26. The lowest BCUT2D eigenvalue weighted by atomic mass is 9.79. The van der Waals surface area contributed by atoms with Crippen LogP contribution in [0.4, 0.5) is 0 Å². The van der Waals surface area contributed by atoms with Crippen molar-refractivity contribution in [2.75, 3.05) is 13.7 Å². The van der Waals surface area contributed by atoms with Crippen LogP contribution in [0.15, 0.2) is 78.9 Å². The molecule has 6 rings (SSSR count). The zero-order chi connectivity index (χ0) is 26.8. The normalized spacial score (nSPS) is 20.5.